The SMILES string of the molecule is COC(=O)N[C@H](C(=O)N1CCC[C@H]1c1ncc(-c2ccc(-c3ccc4cc(-c5cnc([C@@H]6CCCN6C(=O)[C@@H](N)C(C)C)[nH]5)ccc4n3)cc2)[nH]1)C1CCOCC1. The number of amides is 3. The lowest BCUT2D eigenvalue weighted by Gasteiger charge is -2.34. The van der Waals surface area contributed by atoms with Gasteiger partial charge in [0.15, 0.2) is 0 Å². The molecule has 4 atom stereocenters. The zero-order chi connectivity index (χ0) is 39.6. The molecule has 3 aliphatic heterocycles. The molecule has 298 valence electrons. The Labute approximate surface area is 331 Å². The van der Waals surface area contributed by atoms with Crippen LogP contribution in [0.4, 0.5) is 4.79 Å². The topological polar surface area (TPSA) is 184 Å². The summed E-state index contributed by atoms with van der Waals surface area (Å²) in [7, 11) is 1.31. The lowest BCUT2D eigenvalue weighted by atomic mass is 9.90. The highest BCUT2D eigenvalue weighted by molar-refractivity contribution is 5.87. The van der Waals surface area contributed by atoms with E-state index in [9.17, 15) is 14.4 Å². The van der Waals surface area contributed by atoms with E-state index >= 15 is 0 Å². The third-order valence-corrected chi connectivity index (χ3v) is 11.9. The van der Waals surface area contributed by atoms with Crippen molar-refractivity contribution in [2.45, 2.75) is 76.5 Å². The highest BCUT2D eigenvalue weighted by Crippen LogP contribution is 2.36. The molecule has 57 heavy (non-hydrogen) atoms. The number of methoxy groups -OCH3 is 1. The van der Waals surface area contributed by atoms with Crippen LogP contribution in [0.15, 0.2) is 67.0 Å². The first kappa shape index (κ1) is 38.3. The second-order valence-electron chi connectivity index (χ2n) is 15.8. The van der Waals surface area contributed by atoms with Crippen molar-refractivity contribution in [3.63, 3.8) is 0 Å². The van der Waals surface area contributed by atoms with E-state index in [1.807, 2.05) is 66.4 Å². The largest absolute Gasteiger partial charge is 0.453 e. The number of nitrogens with one attached hydrogen (secondary N) is 3. The molecule has 0 radical (unpaired) electrons. The average Bonchev–Trinajstić information content (AvgIpc) is 4.09. The van der Waals surface area contributed by atoms with Crippen LogP contribution in [0.3, 0.4) is 0 Å². The van der Waals surface area contributed by atoms with Crippen molar-refractivity contribution < 1.29 is 23.9 Å². The molecule has 0 unspecified atom stereocenters. The van der Waals surface area contributed by atoms with Gasteiger partial charge in [-0.2, -0.15) is 0 Å². The second-order valence-corrected chi connectivity index (χ2v) is 15.8. The van der Waals surface area contributed by atoms with Crippen LogP contribution in [0.25, 0.3) is 44.7 Å². The molecular formula is C43H51N9O5. The van der Waals surface area contributed by atoms with Gasteiger partial charge in [0, 0.05) is 42.8 Å². The number of aromatic amines is 2. The summed E-state index contributed by atoms with van der Waals surface area (Å²) in [6.45, 7) is 6.36. The van der Waals surface area contributed by atoms with Gasteiger partial charge in [-0.25, -0.2) is 19.7 Å². The number of imidazole rings is 2. The normalized spacial score (nSPS) is 19.9. The number of pyridine rings is 1. The first-order valence-electron chi connectivity index (χ1n) is 20.1. The molecule has 6 heterocycles. The number of alkyl carbamates (subject to hydrolysis) is 1. The van der Waals surface area contributed by atoms with E-state index in [0.29, 0.717) is 39.1 Å². The monoisotopic (exact) mass is 773 g/mol. The Hall–Kier alpha value is -5.60. The zero-order valence-corrected chi connectivity index (χ0v) is 32.7. The molecule has 14 heteroatoms. The molecule has 0 bridgehead atoms. The lowest BCUT2D eigenvalue weighted by molar-refractivity contribution is -0.137. The molecule has 14 nitrogen and oxygen atoms in total. The summed E-state index contributed by atoms with van der Waals surface area (Å²) in [6.07, 6.45) is 7.85. The number of ether oxygens (including phenoxy) is 2. The Morgan fingerprint density at radius 2 is 1.40 bits per heavy atom. The van der Waals surface area contributed by atoms with E-state index in [1.54, 1.807) is 0 Å². The van der Waals surface area contributed by atoms with Gasteiger partial charge in [0.2, 0.25) is 11.8 Å². The lowest BCUT2D eigenvalue weighted by Crippen LogP contribution is -2.53. The summed E-state index contributed by atoms with van der Waals surface area (Å²) in [5.41, 5.74) is 12.7. The van der Waals surface area contributed by atoms with Crippen molar-refractivity contribution in [3.8, 4) is 33.8 Å². The molecule has 5 aromatic rings. The summed E-state index contributed by atoms with van der Waals surface area (Å²) in [4.78, 5) is 64.4. The molecule has 3 amide bonds. The summed E-state index contributed by atoms with van der Waals surface area (Å²) in [5, 5.41) is 3.82. The molecule has 0 spiro atoms. The second kappa shape index (κ2) is 16.5. The first-order valence-corrected chi connectivity index (χ1v) is 20.1. The smallest absolute Gasteiger partial charge is 0.407 e. The predicted molar refractivity (Wildman–Crippen MR) is 215 cm³/mol. The van der Waals surface area contributed by atoms with E-state index in [2.05, 4.69) is 39.6 Å². The van der Waals surface area contributed by atoms with Gasteiger partial charge in [0.1, 0.15) is 17.7 Å². The Bertz CT molecular complexity index is 2230. The van der Waals surface area contributed by atoms with Crippen LogP contribution in [0, 0.1) is 11.8 Å². The molecule has 3 fully saturated rings. The number of carbonyl (C=O) groups excluding carboxylic acids is 3. The van der Waals surface area contributed by atoms with Gasteiger partial charge in [-0.1, -0.05) is 50.2 Å². The summed E-state index contributed by atoms with van der Waals surface area (Å²) in [5.74, 6) is 1.44. The molecule has 0 aliphatic carbocycles. The third kappa shape index (κ3) is 7.88. The maximum Gasteiger partial charge on any atom is 0.407 e. The van der Waals surface area contributed by atoms with Gasteiger partial charge < -0.3 is 40.3 Å². The minimum absolute atomic E-state index is 0.0171. The van der Waals surface area contributed by atoms with E-state index in [0.717, 1.165) is 82.0 Å². The van der Waals surface area contributed by atoms with Crippen molar-refractivity contribution in [2.24, 2.45) is 17.6 Å². The van der Waals surface area contributed by atoms with Crippen molar-refractivity contribution in [2.75, 3.05) is 33.4 Å². The number of hydrogen-bond donors (Lipinski definition) is 4. The van der Waals surface area contributed by atoms with Crippen LogP contribution < -0.4 is 11.1 Å². The Morgan fingerprint density at radius 1 is 0.807 bits per heavy atom. The molecule has 2 aromatic carbocycles. The van der Waals surface area contributed by atoms with Gasteiger partial charge in [0.05, 0.1) is 60.2 Å². The molecule has 3 aromatic heterocycles. The first-order chi connectivity index (χ1) is 27.7. The van der Waals surface area contributed by atoms with Gasteiger partial charge in [0.25, 0.3) is 0 Å². The Kier molecular flexibility index (Phi) is 11.1. The Balaban J connectivity index is 0.943. The quantitative estimate of drug-likeness (QED) is 0.129. The third-order valence-electron chi connectivity index (χ3n) is 11.9. The molecule has 5 N–H and O–H groups in total. The number of fused-ring (bicyclic) bond motifs is 1. The zero-order valence-electron chi connectivity index (χ0n) is 32.7. The van der Waals surface area contributed by atoms with Gasteiger partial charge >= 0.3 is 6.09 Å². The van der Waals surface area contributed by atoms with Crippen LogP contribution in [0.5, 0.6) is 0 Å². The van der Waals surface area contributed by atoms with E-state index < -0.39 is 18.2 Å². The number of likely N-dealkylation sites (tertiary alicyclic amines) is 2. The summed E-state index contributed by atoms with van der Waals surface area (Å²) in [6, 6.07) is 17.0. The molecule has 3 saturated heterocycles. The van der Waals surface area contributed by atoms with E-state index in [4.69, 9.17) is 30.2 Å². The Morgan fingerprint density at radius 3 is 2.04 bits per heavy atom. The summed E-state index contributed by atoms with van der Waals surface area (Å²) < 4.78 is 10.4. The fourth-order valence-electron chi connectivity index (χ4n) is 8.48. The molecule has 0 saturated carbocycles. The van der Waals surface area contributed by atoms with Crippen molar-refractivity contribution in [1.82, 2.24) is 40.0 Å². The maximum atomic E-state index is 13.9. The van der Waals surface area contributed by atoms with Crippen LogP contribution in [-0.4, -0.2) is 98.1 Å². The highest BCUT2D eigenvalue weighted by atomic mass is 16.5. The number of nitrogens with two attached hydrogens (primary N) is 1. The van der Waals surface area contributed by atoms with Gasteiger partial charge in [-0.05, 0) is 74.1 Å². The van der Waals surface area contributed by atoms with Gasteiger partial charge in [-0.15, -0.1) is 0 Å². The van der Waals surface area contributed by atoms with Crippen molar-refractivity contribution >= 4 is 28.8 Å². The fourth-order valence-corrected chi connectivity index (χ4v) is 8.48. The minimum atomic E-state index is -0.679. The summed E-state index contributed by atoms with van der Waals surface area (Å²) >= 11 is 0. The maximum absolute atomic E-state index is 13.9. The number of H-pyrrole nitrogens is 2. The van der Waals surface area contributed by atoms with Crippen molar-refractivity contribution in [1.29, 1.82) is 0 Å². The molecular weight excluding hydrogens is 723 g/mol. The number of nitrogens with zero attached hydrogens (tertiary/aromatic N) is 5. The number of hydrogen-bond acceptors (Lipinski definition) is 9. The van der Waals surface area contributed by atoms with Crippen LogP contribution in [-0.2, 0) is 19.1 Å². The minimum Gasteiger partial charge on any atom is -0.453 e. The van der Waals surface area contributed by atoms with Gasteiger partial charge in [-0.3, -0.25) is 9.59 Å². The number of benzene rings is 2. The van der Waals surface area contributed by atoms with Crippen LogP contribution >= 0.6 is 0 Å². The van der Waals surface area contributed by atoms with Crippen LogP contribution in [0.2, 0.25) is 0 Å². The number of rotatable bonds is 10. The number of aromatic nitrogens is 5. The van der Waals surface area contributed by atoms with Crippen LogP contribution in [0.1, 0.15) is 76.1 Å². The number of carbonyl (C=O) groups is 3. The van der Waals surface area contributed by atoms with E-state index in [-0.39, 0.29) is 35.7 Å². The standard InChI is InChI=1S/C43H51N9O5/c1-25(2)37(44)41(53)51-18-4-6-35(51)39-46-24-34(49-39)30-13-15-32-29(22-30)12-14-31(47-32)26-8-10-27(11-9-26)33-23-45-40(48-33)36-7-5-19-52(36)42(54)38(50-43(55)56-3)28-16-20-57-21-17-28/h8-15,22-25,28,35-38H,4-7,16-21,44H2,1-3H3,(H,45,48)(H,46,49)(H,50,55)/t35-,36-,37-,38-/m0/s1. The van der Waals surface area contributed by atoms with Crippen molar-refractivity contribution in [3.05, 3.63) is 78.6 Å². The van der Waals surface area contributed by atoms with E-state index in [1.165, 1.54) is 7.11 Å². The fraction of sp³-hybridized carbons (Fsp3) is 0.442. The molecule has 3 aliphatic rings. The molecule has 8 rings (SSSR count). The predicted octanol–water partition coefficient (Wildman–Crippen LogP) is 6.14. The highest BCUT2D eigenvalue weighted by Gasteiger charge is 2.40. The average molecular weight is 774 g/mol.